The molecule has 0 radical (unpaired) electrons. The van der Waals surface area contributed by atoms with Crippen molar-refractivity contribution in [2.75, 3.05) is 7.05 Å². The minimum Gasteiger partial charge on any atom is -0.466 e. The Kier molecular flexibility index (Phi) is 6.97. The van der Waals surface area contributed by atoms with Crippen molar-refractivity contribution in [2.45, 2.75) is 26.7 Å². The van der Waals surface area contributed by atoms with Crippen molar-refractivity contribution in [3.05, 3.63) is 83.8 Å². The van der Waals surface area contributed by atoms with Crippen LogP contribution in [0.25, 0.3) is 0 Å². The lowest BCUT2D eigenvalue weighted by Gasteiger charge is -2.17. The van der Waals surface area contributed by atoms with Gasteiger partial charge in [-0.15, -0.1) is 0 Å². The van der Waals surface area contributed by atoms with Gasteiger partial charge in [0.15, 0.2) is 0 Å². The van der Waals surface area contributed by atoms with E-state index in [0.29, 0.717) is 11.3 Å². The molecule has 0 aromatic carbocycles. The van der Waals surface area contributed by atoms with Gasteiger partial charge in [-0.25, -0.2) is 5.01 Å². The lowest BCUT2D eigenvalue weighted by molar-refractivity contribution is -0.125. The third kappa shape index (κ3) is 5.77. The average molecular weight is 352 g/mol. The summed E-state index contributed by atoms with van der Waals surface area (Å²) in [6.07, 6.45) is 13.9. The number of allylic oxidation sites excluding steroid dienone is 7. The van der Waals surface area contributed by atoms with Crippen LogP contribution in [0.5, 0.6) is 0 Å². The zero-order valence-corrected chi connectivity index (χ0v) is 15.4. The normalized spacial score (nSPS) is 15.1. The van der Waals surface area contributed by atoms with Crippen molar-refractivity contribution in [1.29, 1.82) is 0 Å². The molecule has 0 saturated carbocycles. The van der Waals surface area contributed by atoms with Crippen LogP contribution >= 0.6 is 0 Å². The predicted octanol–water partition coefficient (Wildman–Crippen LogP) is 4.65. The van der Waals surface area contributed by atoms with E-state index in [2.05, 4.69) is 11.7 Å². The third-order valence-electron chi connectivity index (χ3n) is 3.60. The highest BCUT2D eigenvalue weighted by molar-refractivity contribution is 5.96. The molecule has 0 saturated heterocycles. The zero-order valence-electron chi connectivity index (χ0n) is 15.4. The highest BCUT2D eigenvalue weighted by Crippen LogP contribution is 2.22. The quantitative estimate of drug-likeness (QED) is 0.311. The molecule has 0 bridgehead atoms. The molecule has 0 N–H and O–H groups in total. The van der Waals surface area contributed by atoms with Crippen LogP contribution in [-0.2, 0) is 9.53 Å². The van der Waals surface area contributed by atoms with Crippen molar-refractivity contribution in [2.24, 2.45) is 5.10 Å². The molecule has 136 valence electrons. The number of amides is 1. The fourth-order valence-corrected chi connectivity index (χ4v) is 2.32. The van der Waals surface area contributed by atoms with E-state index >= 15 is 0 Å². The molecule has 0 fully saturated rings. The van der Waals surface area contributed by atoms with Crippen molar-refractivity contribution in [3.63, 3.8) is 0 Å². The van der Waals surface area contributed by atoms with Gasteiger partial charge in [-0.2, -0.15) is 5.10 Å². The molecule has 1 aliphatic rings. The molecular weight excluding hydrogens is 328 g/mol. The summed E-state index contributed by atoms with van der Waals surface area (Å²) < 4.78 is 11.2. The largest absolute Gasteiger partial charge is 0.466 e. The summed E-state index contributed by atoms with van der Waals surface area (Å²) in [5.41, 5.74) is 0.566. The molecule has 5 nitrogen and oxygen atoms in total. The molecule has 5 heteroatoms. The van der Waals surface area contributed by atoms with Gasteiger partial charge < -0.3 is 9.15 Å². The van der Waals surface area contributed by atoms with Crippen LogP contribution in [0.4, 0.5) is 0 Å². The molecule has 1 aromatic heterocycles. The van der Waals surface area contributed by atoms with Gasteiger partial charge in [0.05, 0.1) is 6.21 Å². The van der Waals surface area contributed by atoms with Crippen molar-refractivity contribution >= 4 is 12.1 Å². The van der Waals surface area contributed by atoms with Crippen molar-refractivity contribution in [1.82, 2.24) is 5.01 Å². The molecule has 0 spiro atoms. The number of hydrogen-bond acceptors (Lipinski definition) is 4. The maximum Gasteiger partial charge on any atom is 0.273 e. The second-order valence-corrected chi connectivity index (χ2v) is 5.83. The monoisotopic (exact) mass is 352 g/mol. The molecule has 0 aliphatic heterocycles. The number of carbonyl (C=O) groups is 1. The maximum absolute atomic E-state index is 12.5. The highest BCUT2D eigenvalue weighted by atomic mass is 16.5. The van der Waals surface area contributed by atoms with Gasteiger partial charge in [0.25, 0.3) is 5.91 Å². The second-order valence-electron chi connectivity index (χ2n) is 5.83. The number of likely N-dealkylation sites (N-methyl/N-ethyl adjacent to an activating group) is 1. The maximum atomic E-state index is 12.5. The summed E-state index contributed by atoms with van der Waals surface area (Å²) in [5.74, 6) is 2.72. The van der Waals surface area contributed by atoms with Gasteiger partial charge in [-0.3, -0.25) is 4.79 Å². The van der Waals surface area contributed by atoms with Gasteiger partial charge in [0.2, 0.25) is 0 Å². The van der Waals surface area contributed by atoms with E-state index in [1.54, 1.807) is 25.3 Å². The number of furan rings is 1. The summed E-state index contributed by atoms with van der Waals surface area (Å²) in [4.78, 5) is 12.5. The van der Waals surface area contributed by atoms with E-state index in [4.69, 9.17) is 9.15 Å². The van der Waals surface area contributed by atoms with Crippen LogP contribution in [-0.4, -0.2) is 24.2 Å². The van der Waals surface area contributed by atoms with Crippen LogP contribution in [0.15, 0.2) is 81.8 Å². The first-order chi connectivity index (χ1) is 12.5. The summed E-state index contributed by atoms with van der Waals surface area (Å²) in [5, 5.41) is 5.43. The molecule has 26 heavy (non-hydrogen) atoms. The zero-order chi connectivity index (χ0) is 18.9. The highest BCUT2D eigenvalue weighted by Gasteiger charge is 2.17. The number of rotatable bonds is 7. The fraction of sp³-hybridized carbons (Fsp3) is 0.238. The topological polar surface area (TPSA) is 55.0 Å². The van der Waals surface area contributed by atoms with Crippen LogP contribution in [0.3, 0.4) is 0 Å². The van der Waals surface area contributed by atoms with Gasteiger partial charge in [0.1, 0.15) is 23.0 Å². The first-order valence-corrected chi connectivity index (χ1v) is 8.42. The Hall–Kier alpha value is -3.08. The van der Waals surface area contributed by atoms with E-state index < -0.39 is 0 Å². The van der Waals surface area contributed by atoms with Crippen LogP contribution in [0.1, 0.15) is 31.3 Å². The van der Waals surface area contributed by atoms with E-state index in [1.165, 1.54) is 11.2 Å². The molecule has 1 heterocycles. The van der Waals surface area contributed by atoms with Gasteiger partial charge >= 0.3 is 0 Å². The van der Waals surface area contributed by atoms with Crippen LogP contribution < -0.4 is 0 Å². The van der Waals surface area contributed by atoms with E-state index in [1.807, 2.05) is 44.2 Å². The Balaban J connectivity index is 2.01. The fourth-order valence-electron chi connectivity index (χ4n) is 2.32. The van der Waals surface area contributed by atoms with E-state index in [-0.39, 0.29) is 5.91 Å². The molecule has 1 aliphatic carbocycles. The Morgan fingerprint density at radius 2 is 2.19 bits per heavy atom. The Morgan fingerprint density at radius 3 is 2.88 bits per heavy atom. The SMILES string of the molecule is C=C/C=C\C=C(/C)OC1=CC(C(=O)N(C)/N=C/c2ccc(C)o2)=CCC1. The Bertz CT molecular complexity index is 807. The molecule has 2 rings (SSSR count). The van der Waals surface area contributed by atoms with Crippen LogP contribution in [0, 0.1) is 6.92 Å². The molecule has 1 aromatic rings. The number of hydrogen-bond donors (Lipinski definition) is 0. The minimum atomic E-state index is -0.196. The van der Waals surface area contributed by atoms with Gasteiger partial charge in [0, 0.05) is 19.0 Å². The number of hydrazone groups is 1. The summed E-state index contributed by atoms with van der Waals surface area (Å²) >= 11 is 0. The first-order valence-electron chi connectivity index (χ1n) is 8.42. The standard InChI is InChI=1S/C21H24N2O3/c1-5-6-7-9-16(2)25-19-11-8-10-18(14-19)21(24)23(4)22-15-20-13-12-17(3)26-20/h5-7,9-10,12-15H,1,8,11H2,2-4H3/b7-6-,16-9+,22-15+. The Morgan fingerprint density at radius 1 is 1.38 bits per heavy atom. The van der Waals surface area contributed by atoms with Gasteiger partial charge in [-0.05, 0) is 44.6 Å². The number of ether oxygens (including phenoxy) is 1. The lowest BCUT2D eigenvalue weighted by atomic mass is 10.0. The minimum absolute atomic E-state index is 0.196. The Labute approximate surface area is 154 Å². The molecule has 0 atom stereocenters. The van der Waals surface area contributed by atoms with Gasteiger partial charge in [-0.1, -0.05) is 30.9 Å². The number of carbonyl (C=O) groups excluding carboxylic acids is 1. The van der Waals surface area contributed by atoms with E-state index in [0.717, 1.165) is 30.1 Å². The summed E-state index contributed by atoms with van der Waals surface area (Å²) in [7, 11) is 1.61. The average Bonchev–Trinajstić information content (AvgIpc) is 3.05. The molecule has 0 unspecified atom stereocenters. The number of aryl methyl sites for hydroxylation is 1. The lowest BCUT2D eigenvalue weighted by Crippen LogP contribution is -2.23. The summed E-state index contributed by atoms with van der Waals surface area (Å²) in [6, 6.07) is 3.65. The molecular formula is C21H24N2O3. The van der Waals surface area contributed by atoms with Crippen LogP contribution in [0.2, 0.25) is 0 Å². The number of nitrogens with zero attached hydrogens (tertiary/aromatic N) is 2. The predicted molar refractivity (Wildman–Crippen MR) is 103 cm³/mol. The van der Waals surface area contributed by atoms with E-state index in [9.17, 15) is 4.79 Å². The summed E-state index contributed by atoms with van der Waals surface area (Å²) in [6.45, 7) is 7.35. The van der Waals surface area contributed by atoms with Crippen molar-refractivity contribution < 1.29 is 13.9 Å². The second kappa shape index (κ2) is 9.42. The first kappa shape index (κ1) is 19.2. The third-order valence-corrected chi connectivity index (χ3v) is 3.60. The smallest absolute Gasteiger partial charge is 0.273 e. The molecule has 1 amide bonds. The van der Waals surface area contributed by atoms with Crippen molar-refractivity contribution in [3.8, 4) is 0 Å².